The molecular formula is C12H12F2O2. The van der Waals surface area contributed by atoms with Gasteiger partial charge in [0, 0.05) is 12.5 Å². The Kier molecular flexibility index (Phi) is 4.17. The van der Waals surface area contributed by atoms with Crippen molar-refractivity contribution in [1.82, 2.24) is 0 Å². The first-order chi connectivity index (χ1) is 7.60. The molecule has 1 aromatic rings. The lowest BCUT2D eigenvalue weighted by Crippen LogP contribution is -2.04. The molecule has 2 nitrogen and oxygen atoms in total. The molecule has 0 aliphatic rings. The Balaban J connectivity index is 3.01. The zero-order chi connectivity index (χ0) is 12.1. The minimum absolute atomic E-state index is 0.117. The van der Waals surface area contributed by atoms with E-state index in [0.717, 1.165) is 12.1 Å². The van der Waals surface area contributed by atoms with Gasteiger partial charge in [0.1, 0.15) is 5.82 Å². The number of benzene rings is 1. The van der Waals surface area contributed by atoms with Gasteiger partial charge in [0.2, 0.25) is 0 Å². The van der Waals surface area contributed by atoms with Crippen molar-refractivity contribution in [2.75, 3.05) is 7.11 Å². The molecule has 0 bridgehead atoms. The third-order valence-corrected chi connectivity index (χ3v) is 2.12. The summed E-state index contributed by atoms with van der Waals surface area (Å²) in [6.45, 7) is 3.45. The van der Waals surface area contributed by atoms with Crippen molar-refractivity contribution in [1.29, 1.82) is 0 Å². The molecule has 0 saturated carbocycles. The number of rotatable bonds is 5. The van der Waals surface area contributed by atoms with Crippen LogP contribution < -0.4 is 4.74 Å². The van der Waals surface area contributed by atoms with Crippen molar-refractivity contribution in [3.8, 4) is 5.75 Å². The summed E-state index contributed by atoms with van der Waals surface area (Å²) in [7, 11) is 1.23. The molecule has 0 aromatic heterocycles. The number of halogens is 2. The lowest BCUT2D eigenvalue weighted by molar-refractivity contribution is 0.0979. The average Bonchev–Trinajstić information content (AvgIpc) is 2.28. The number of allylic oxidation sites excluding steroid dienone is 1. The Hall–Kier alpha value is -1.71. The largest absolute Gasteiger partial charge is 0.494 e. The van der Waals surface area contributed by atoms with Crippen molar-refractivity contribution < 1.29 is 18.3 Å². The first-order valence-corrected chi connectivity index (χ1v) is 4.77. The van der Waals surface area contributed by atoms with E-state index in [0.29, 0.717) is 6.42 Å². The van der Waals surface area contributed by atoms with Crippen LogP contribution >= 0.6 is 0 Å². The zero-order valence-electron chi connectivity index (χ0n) is 8.93. The van der Waals surface area contributed by atoms with E-state index < -0.39 is 17.4 Å². The number of ether oxygens (including phenoxy) is 1. The molecule has 0 radical (unpaired) electrons. The molecule has 0 fully saturated rings. The number of carbonyl (C=O) groups excluding carboxylic acids is 1. The monoisotopic (exact) mass is 226 g/mol. The molecular weight excluding hydrogens is 214 g/mol. The minimum Gasteiger partial charge on any atom is -0.494 e. The van der Waals surface area contributed by atoms with Crippen molar-refractivity contribution in [3.63, 3.8) is 0 Å². The highest BCUT2D eigenvalue weighted by molar-refractivity contribution is 5.96. The van der Waals surface area contributed by atoms with Gasteiger partial charge in [-0.2, -0.15) is 0 Å². The van der Waals surface area contributed by atoms with Gasteiger partial charge in [0.15, 0.2) is 17.3 Å². The van der Waals surface area contributed by atoms with Crippen LogP contribution in [0.25, 0.3) is 0 Å². The Labute approximate surface area is 92.5 Å². The summed E-state index contributed by atoms with van der Waals surface area (Å²) in [6.07, 6.45) is 2.10. The highest BCUT2D eigenvalue weighted by Gasteiger charge is 2.15. The van der Waals surface area contributed by atoms with Gasteiger partial charge in [0.25, 0.3) is 0 Å². The summed E-state index contributed by atoms with van der Waals surface area (Å²) in [5.74, 6) is -2.17. The first kappa shape index (κ1) is 12.4. The van der Waals surface area contributed by atoms with Crippen LogP contribution in [0.5, 0.6) is 5.75 Å². The van der Waals surface area contributed by atoms with E-state index in [1.165, 1.54) is 7.11 Å². The van der Waals surface area contributed by atoms with E-state index >= 15 is 0 Å². The second kappa shape index (κ2) is 5.39. The lowest BCUT2D eigenvalue weighted by Gasteiger charge is -2.05. The number of Topliss-reactive ketones (excluding diaryl/α,β-unsaturated/α-hetero) is 1. The Morgan fingerprint density at radius 2 is 2.12 bits per heavy atom. The van der Waals surface area contributed by atoms with Crippen LogP contribution in [0.2, 0.25) is 0 Å². The first-order valence-electron chi connectivity index (χ1n) is 4.77. The second-order valence-electron chi connectivity index (χ2n) is 3.22. The van der Waals surface area contributed by atoms with Crippen LogP contribution in [0.15, 0.2) is 24.8 Å². The van der Waals surface area contributed by atoms with E-state index in [4.69, 9.17) is 0 Å². The van der Waals surface area contributed by atoms with Crippen LogP contribution in [0.4, 0.5) is 8.78 Å². The number of ketones is 1. The fourth-order valence-corrected chi connectivity index (χ4v) is 1.27. The van der Waals surface area contributed by atoms with Crippen LogP contribution in [-0.4, -0.2) is 12.9 Å². The molecule has 0 unspecified atom stereocenters. The lowest BCUT2D eigenvalue weighted by atomic mass is 10.1. The summed E-state index contributed by atoms with van der Waals surface area (Å²) in [5, 5.41) is 0. The quantitative estimate of drug-likeness (QED) is 0.569. The standard InChI is InChI=1S/C12H12F2O2/c1-3-4-5-11(15)8-6-10(14)12(16-2)7-9(8)13/h3,6-7H,1,4-5H2,2H3. The van der Waals surface area contributed by atoms with E-state index in [9.17, 15) is 13.6 Å². The molecule has 1 rings (SSSR count). The average molecular weight is 226 g/mol. The second-order valence-corrected chi connectivity index (χ2v) is 3.22. The molecule has 0 saturated heterocycles. The molecule has 0 aliphatic carbocycles. The maximum absolute atomic E-state index is 13.4. The Morgan fingerprint density at radius 1 is 1.44 bits per heavy atom. The smallest absolute Gasteiger partial charge is 0.166 e. The van der Waals surface area contributed by atoms with Crippen molar-refractivity contribution >= 4 is 5.78 Å². The van der Waals surface area contributed by atoms with Gasteiger partial charge in [-0.1, -0.05) is 6.08 Å². The zero-order valence-corrected chi connectivity index (χ0v) is 8.93. The topological polar surface area (TPSA) is 26.3 Å². The third-order valence-electron chi connectivity index (χ3n) is 2.12. The normalized spacial score (nSPS) is 9.94. The van der Waals surface area contributed by atoms with E-state index in [1.807, 2.05) is 0 Å². The Bertz CT molecular complexity index is 414. The summed E-state index contributed by atoms with van der Waals surface area (Å²) in [6, 6.07) is 1.73. The van der Waals surface area contributed by atoms with Gasteiger partial charge in [-0.3, -0.25) is 4.79 Å². The van der Waals surface area contributed by atoms with Crippen LogP contribution in [0, 0.1) is 11.6 Å². The fourth-order valence-electron chi connectivity index (χ4n) is 1.27. The molecule has 0 amide bonds. The third kappa shape index (κ3) is 2.66. The van der Waals surface area contributed by atoms with E-state index in [2.05, 4.69) is 11.3 Å². The van der Waals surface area contributed by atoms with Crippen LogP contribution in [0.3, 0.4) is 0 Å². The van der Waals surface area contributed by atoms with Gasteiger partial charge in [-0.05, 0) is 12.5 Å². The fraction of sp³-hybridized carbons (Fsp3) is 0.250. The van der Waals surface area contributed by atoms with Gasteiger partial charge >= 0.3 is 0 Å². The molecule has 0 heterocycles. The number of hydrogen-bond donors (Lipinski definition) is 0. The SMILES string of the molecule is C=CCCC(=O)c1cc(F)c(OC)cc1F. The highest BCUT2D eigenvalue weighted by Crippen LogP contribution is 2.22. The number of hydrogen-bond acceptors (Lipinski definition) is 2. The number of methoxy groups -OCH3 is 1. The number of carbonyl (C=O) groups is 1. The van der Waals surface area contributed by atoms with Gasteiger partial charge < -0.3 is 4.74 Å². The molecule has 4 heteroatoms. The predicted molar refractivity (Wildman–Crippen MR) is 56.7 cm³/mol. The molecule has 86 valence electrons. The maximum atomic E-state index is 13.4. The highest BCUT2D eigenvalue weighted by atomic mass is 19.1. The predicted octanol–water partition coefficient (Wildman–Crippen LogP) is 3.12. The molecule has 0 atom stereocenters. The van der Waals surface area contributed by atoms with E-state index in [-0.39, 0.29) is 17.7 Å². The Morgan fingerprint density at radius 3 is 2.69 bits per heavy atom. The van der Waals surface area contributed by atoms with Gasteiger partial charge in [-0.15, -0.1) is 6.58 Å². The van der Waals surface area contributed by atoms with Crippen LogP contribution in [0.1, 0.15) is 23.2 Å². The van der Waals surface area contributed by atoms with Gasteiger partial charge in [0.05, 0.1) is 12.7 Å². The molecule has 1 aromatic carbocycles. The summed E-state index contributed by atoms with van der Waals surface area (Å²) in [4.78, 5) is 11.5. The minimum atomic E-state index is -0.771. The molecule has 0 N–H and O–H groups in total. The maximum Gasteiger partial charge on any atom is 0.166 e. The summed E-state index contributed by atoms with van der Waals surface area (Å²) in [5.41, 5.74) is -0.250. The van der Waals surface area contributed by atoms with Gasteiger partial charge in [-0.25, -0.2) is 8.78 Å². The molecule has 0 spiro atoms. The molecule has 16 heavy (non-hydrogen) atoms. The van der Waals surface area contributed by atoms with Crippen molar-refractivity contribution in [3.05, 3.63) is 42.0 Å². The summed E-state index contributed by atoms with van der Waals surface area (Å²) >= 11 is 0. The summed E-state index contributed by atoms with van der Waals surface area (Å²) < 4.78 is 31.2. The van der Waals surface area contributed by atoms with E-state index in [1.54, 1.807) is 6.08 Å². The van der Waals surface area contributed by atoms with Crippen molar-refractivity contribution in [2.24, 2.45) is 0 Å². The van der Waals surface area contributed by atoms with Crippen molar-refractivity contribution in [2.45, 2.75) is 12.8 Å². The molecule has 0 aliphatic heterocycles. The van der Waals surface area contributed by atoms with Crippen LogP contribution in [-0.2, 0) is 0 Å².